The van der Waals surface area contributed by atoms with Crippen LogP contribution in [0.25, 0.3) is 0 Å². The van der Waals surface area contributed by atoms with E-state index in [1.165, 1.54) is 0 Å². The van der Waals surface area contributed by atoms with Crippen molar-refractivity contribution in [2.24, 2.45) is 0 Å². The molecule has 0 aliphatic carbocycles. The first-order chi connectivity index (χ1) is 8.42. The molecule has 0 spiro atoms. The van der Waals surface area contributed by atoms with Crippen molar-refractivity contribution in [3.63, 3.8) is 0 Å². The minimum absolute atomic E-state index is 0.0807. The van der Waals surface area contributed by atoms with Crippen LogP contribution in [0.5, 0.6) is 0 Å². The van der Waals surface area contributed by atoms with Crippen molar-refractivity contribution in [1.82, 2.24) is 0 Å². The van der Waals surface area contributed by atoms with Gasteiger partial charge in [-0.15, -0.1) is 0 Å². The SMILES string of the molecule is C=C(CCC(SSC(CC)C(=O)O)C(=O)O)OO. The van der Waals surface area contributed by atoms with Crippen LogP contribution in [0.4, 0.5) is 0 Å². The third kappa shape index (κ3) is 6.77. The number of carboxylic acid groups (broad SMARTS) is 2. The molecule has 8 heteroatoms. The van der Waals surface area contributed by atoms with E-state index in [4.69, 9.17) is 15.5 Å². The number of hydrogen-bond acceptors (Lipinski definition) is 6. The molecule has 0 aromatic rings. The van der Waals surface area contributed by atoms with Gasteiger partial charge < -0.3 is 15.1 Å². The third-order valence-electron chi connectivity index (χ3n) is 2.02. The Bertz CT molecular complexity index is 307. The van der Waals surface area contributed by atoms with Gasteiger partial charge in [-0.05, 0) is 12.8 Å². The Hall–Kier alpha value is -0.860. The number of allylic oxidation sites excluding steroid dienone is 1. The summed E-state index contributed by atoms with van der Waals surface area (Å²) in [4.78, 5) is 25.6. The van der Waals surface area contributed by atoms with E-state index >= 15 is 0 Å². The quantitative estimate of drug-likeness (QED) is 0.244. The van der Waals surface area contributed by atoms with Gasteiger partial charge in [-0.2, -0.15) is 0 Å². The van der Waals surface area contributed by atoms with Crippen LogP contribution < -0.4 is 0 Å². The fourth-order valence-corrected chi connectivity index (χ4v) is 3.75. The summed E-state index contributed by atoms with van der Waals surface area (Å²) in [5, 5.41) is 24.7. The molecular formula is C10H16O6S2. The molecule has 6 nitrogen and oxygen atoms in total. The lowest BCUT2D eigenvalue weighted by molar-refractivity contribution is -0.205. The molecule has 0 heterocycles. The van der Waals surface area contributed by atoms with Gasteiger partial charge in [0.2, 0.25) is 0 Å². The molecule has 3 N–H and O–H groups in total. The Balaban J connectivity index is 4.23. The smallest absolute Gasteiger partial charge is 0.317 e. The lowest BCUT2D eigenvalue weighted by Crippen LogP contribution is -2.18. The lowest BCUT2D eigenvalue weighted by Gasteiger charge is -2.14. The number of hydrogen-bond donors (Lipinski definition) is 3. The van der Waals surface area contributed by atoms with Crippen LogP contribution >= 0.6 is 21.6 Å². The van der Waals surface area contributed by atoms with Crippen LogP contribution in [0.2, 0.25) is 0 Å². The molecule has 0 rings (SSSR count). The molecule has 0 bridgehead atoms. The van der Waals surface area contributed by atoms with Crippen LogP contribution in [-0.4, -0.2) is 37.9 Å². The maximum Gasteiger partial charge on any atom is 0.317 e. The molecule has 0 fully saturated rings. The first-order valence-electron chi connectivity index (χ1n) is 5.19. The molecule has 0 aliphatic heterocycles. The van der Waals surface area contributed by atoms with Gasteiger partial charge in [0, 0.05) is 6.42 Å². The number of rotatable bonds is 10. The van der Waals surface area contributed by atoms with Crippen molar-refractivity contribution in [1.29, 1.82) is 0 Å². The Morgan fingerprint density at radius 2 is 1.72 bits per heavy atom. The molecule has 0 amide bonds. The molecular weight excluding hydrogens is 280 g/mol. The van der Waals surface area contributed by atoms with Crippen molar-refractivity contribution >= 4 is 33.5 Å². The molecule has 0 aliphatic rings. The first-order valence-corrected chi connectivity index (χ1v) is 7.46. The van der Waals surface area contributed by atoms with Crippen molar-refractivity contribution in [3.05, 3.63) is 12.3 Å². The van der Waals surface area contributed by atoms with E-state index in [-0.39, 0.29) is 18.6 Å². The van der Waals surface area contributed by atoms with Crippen LogP contribution in [0.1, 0.15) is 26.2 Å². The van der Waals surface area contributed by atoms with E-state index in [0.717, 1.165) is 21.6 Å². The Kier molecular flexibility index (Phi) is 8.69. The average Bonchev–Trinajstić information content (AvgIpc) is 2.32. The monoisotopic (exact) mass is 296 g/mol. The Morgan fingerprint density at radius 3 is 2.11 bits per heavy atom. The zero-order valence-corrected chi connectivity index (χ0v) is 11.5. The van der Waals surface area contributed by atoms with Crippen LogP contribution in [0.3, 0.4) is 0 Å². The first kappa shape index (κ1) is 17.1. The molecule has 0 saturated carbocycles. The number of carbonyl (C=O) groups is 2. The Labute approximate surface area is 113 Å². The lowest BCUT2D eigenvalue weighted by atomic mass is 10.2. The zero-order chi connectivity index (χ0) is 14.1. The van der Waals surface area contributed by atoms with Gasteiger partial charge in [-0.25, -0.2) is 5.26 Å². The summed E-state index contributed by atoms with van der Waals surface area (Å²) < 4.78 is 0. The molecule has 18 heavy (non-hydrogen) atoms. The van der Waals surface area contributed by atoms with E-state index in [9.17, 15) is 9.59 Å². The summed E-state index contributed by atoms with van der Waals surface area (Å²) in [6.45, 7) is 5.09. The molecule has 2 atom stereocenters. The highest BCUT2D eigenvalue weighted by molar-refractivity contribution is 8.77. The van der Waals surface area contributed by atoms with Gasteiger partial charge in [0.1, 0.15) is 16.3 Å². The van der Waals surface area contributed by atoms with Crippen LogP contribution in [-0.2, 0) is 14.5 Å². The molecule has 0 aromatic heterocycles. The van der Waals surface area contributed by atoms with E-state index in [1.807, 2.05) is 0 Å². The topological polar surface area (TPSA) is 104 Å². The summed E-state index contributed by atoms with van der Waals surface area (Å²) in [7, 11) is 2.03. The summed E-state index contributed by atoms with van der Waals surface area (Å²) in [6, 6.07) is 0. The fourth-order valence-electron chi connectivity index (χ4n) is 0.968. The zero-order valence-electron chi connectivity index (χ0n) is 9.87. The standard InChI is InChI=1S/C10H16O6S2/c1-3-7(9(11)12)17-18-8(10(13)14)5-4-6(2)16-15/h7-8,15H,2-5H2,1H3,(H,11,12)(H,13,14). The molecule has 0 saturated heterocycles. The highest BCUT2D eigenvalue weighted by Crippen LogP contribution is 2.35. The summed E-state index contributed by atoms with van der Waals surface area (Å²) in [5.74, 6) is -1.90. The van der Waals surface area contributed by atoms with Crippen molar-refractivity contribution in [2.75, 3.05) is 0 Å². The van der Waals surface area contributed by atoms with Gasteiger partial charge in [0.25, 0.3) is 0 Å². The molecule has 0 aromatic carbocycles. The van der Waals surface area contributed by atoms with Gasteiger partial charge >= 0.3 is 11.9 Å². The van der Waals surface area contributed by atoms with E-state index < -0.39 is 22.4 Å². The van der Waals surface area contributed by atoms with Gasteiger partial charge in [-0.3, -0.25) is 9.59 Å². The van der Waals surface area contributed by atoms with Crippen molar-refractivity contribution < 1.29 is 29.9 Å². The second-order valence-electron chi connectivity index (χ2n) is 3.42. The van der Waals surface area contributed by atoms with E-state index in [2.05, 4.69) is 11.5 Å². The summed E-state index contributed by atoms with van der Waals surface area (Å²) >= 11 is 0. The second-order valence-corrected chi connectivity index (χ2v) is 6.10. The molecule has 0 radical (unpaired) electrons. The van der Waals surface area contributed by atoms with Crippen LogP contribution in [0, 0.1) is 0 Å². The minimum atomic E-state index is -1.03. The average molecular weight is 296 g/mol. The Morgan fingerprint density at radius 1 is 1.22 bits per heavy atom. The van der Waals surface area contributed by atoms with Gasteiger partial charge in [-0.1, -0.05) is 35.1 Å². The predicted octanol–water partition coefficient (Wildman–Crippen LogP) is 2.47. The number of carboxylic acids is 2. The molecule has 104 valence electrons. The van der Waals surface area contributed by atoms with Gasteiger partial charge in [0.15, 0.2) is 0 Å². The largest absolute Gasteiger partial charge is 0.480 e. The predicted molar refractivity (Wildman–Crippen MR) is 70.4 cm³/mol. The highest BCUT2D eigenvalue weighted by Gasteiger charge is 2.23. The normalized spacial score (nSPS) is 13.7. The van der Waals surface area contributed by atoms with E-state index in [0.29, 0.717) is 6.42 Å². The van der Waals surface area contributed by atoms with E-state index in [1.54, 1.807) is 6.92 Å². The minimum Gasteiger partial charge on any atom is -0.480 e. The van der Waals surface area contributed by atoms with Crippen molar-refractivity contribution in [2.45, 2.75) is 36.7 Å². The van der Waals surface area contributed by atoms with Gasteiger partial charge in [0.05, 0.1) is 0 Å². The maximum absolute atomic E-state index is 11.0. The summed E-state index contributed by atoms with van der Waals surface area (Å²) in [6.07, 6.45) is 0.832. The summed E-state index contributed by atoms with van der Waals surface area (Å²) in [5.41, 5.74) is 0. The fraction of sp³-hybridized carbons (Fsp3) is 0.600. The van der Waals surface area contributed by atoms with Crippen LogP contribution in [0.15, 0.2) is 12.3 Å². The molecule has 2 unspecified atom stereocenters. The highest BCUT2D eigenvalue weighted by atomic mass is 33.1. The second kappa shape index (κ2) is 9.12. The maximum atomic E-state index is 11.0. The number of aliphatic carboxylic acids is 2. The van der Waals surface area contributed by atoms with Crippen molar-refractivity contribution in [3.8, 4) is 0 Å². The third-order valence-corrected chi connectivity index (χ3v) is 5.30.